The Morgan fingerprint density at radius 1 is 1.10 bits per heavy atom. The Morgan fingerprint density at radius 2 is 1.81 bits per heavy atom. The average Bonchev–Trinajstić information content (AvgIpc) is 2.49. The van der Waals surface area contributed by atoms with E-state index in [0.29, 0.717) is 19.4 Å². The standard InChI is InChI=1S/C16H23N3O2/c20-15(19-14-6-9-17-10-7-14)8-11-18-16(21)12-13-4-2-1-3-5-13/h1-5,14,17H,6-12H2,(H,18,21)(H,19,20). The smallest absolute Gasteiger partial charge is 0.224 e. The number of benzene rings is 1. The summed E-state index contributed by atoms with van der Waals surface area (Å²) in [6, 6.07) is 9.86. The van der Waals surface area contributed by atoms with Gasteiger partial charge in [0.25, 0.3) is 0 Å². The first kappa shape index (κ1) is 15.5. The van der Waals surface area contributed by atoms with Gasteiger partial charge in [-0.05, 0) is 31.5 Å². The molecule has 0 unspecified atom stereocenters. The third-order valence-electron chi connectivity index (χ3n) is 3.59. The van der Waals surface area contributed by atoms with E-state index in [1.807, 2.05) is 30.3 Å². The highest BCUT2D eigenvalue weighted by Gasteiger charge is 2.15. The molecule has 0 aromatic heterocycles. The fraction of sp³-hybridized carbons (Fsp3) is 0.500. The van der Waals surface area contributed by atoms with Crippen molar-refractivity contribution in [2.75, 3.05) is 19.6 Å². The molecule has 114 valence electrons. The first-order valence-electron chi connectivity index (χ1n) is 7.55. The van der Waals surface area contributed by atoms with Crippen molar-refractivity contribution in [2.45, 2.75) is 31.7 Å². The third-order valence-corrected chi connectivity index (χ3v) is 3.59. The molecule has 1 aromatic rings. The highest BCUT2D eigenvalue weighted by molar-refractivity contribution is 5.80. The van der Waals surface area contributed by atoms with Crippen LogP contribution in [0.2, 0.25) is 0 Å². The molecule has 0 saturated carbocycles. The minimum atomic E-state index is -0.0455. The van der Waals surface area contributed by atoms with E-state index in [0.717, 1.165) is 31.5 Å². The second-order valence-corrected chi connectivity index (χ2v) is 5.35. The van der Waals surface area contributed by atoms with E-state index >= 15 is 0 Å². The van der Waals surface area contributed by atoms with Crippen molar-refractivity contribution in [3.05, 3.63) is 35.9 Å². The van der Waals surface area contributed by atoms with Gasteiger partial charge in [0.2, 0.25) is 11.8 Å². The fourth-order valence-corrected chi connectivity index (χ4v) is 2.43. The van der Waals surface area contributed by atoms with Gasteiger partial charge in [-0.25, -0.2) is 0 Å². The highest BCUT2D eigenvalue weighted by Crippen LogP contribution is 2.02. The summed E-state index contributed by atoms with van der Waals surface area (Å²) in [5.41, 5.74) is 0.981. The van der Waals surface area contributed by atoms with E-state index in [1.165, 1.54) is 0 Å². The lowest BCUT2D eigenvalue weighted by atomic mass is 10.1. The minimum absolute atomic E-state index is 0.0157. The van der Waals surface area contributed by atoms with Gasteiger partial charge < -0.3 is 16.0 Å². The van der Waals surface area contributed by atoms with Gasteiger partial charge in [0.1, 0.15) is 0 Å². The van der Waals surface area contributed by atoms with Gasteiger partial charge in [0.05, 0.1) is 6.42 Å². The van der Waals surface area contributed by atoms with Crippen LogP contribution in [0.5, 0.6) is 0 Å². The molecule has 2 amide bonds. The summed E-state index contributed by atoms with van der Waals surface area (Å²) in [6.45, 7) is 2.31. The van der Waals surface area contributed by atoms with Gasteiger partial charge in [0.15, 0.2) is 0 Å². The lowest BCUT2D eigenvalue weighted by Crippen LogP contribution is -2.43. The summed E-state index contributed by atoms with van der Waals surface area (Å²) in [5.74, 6) is -0.0298. The third kappa shape index (κ3) is 5.95. The molecular weight excluding hydrogens is 266 g/mol. The topological polar surface area (TPSA) is 70.2 Å². The van der Waals surface area contributed by atoms with Crippen LogP contribution in [0.1, 0.15) is 24.8 Å². The Labute approximate surface area is 125 Å². The van der Waals surface area contributed by atoms with Crippen LogP contribution in [0.4, 0.5) is 0 Å². The van der Waals surface area contributed by atoms with E-state index < -0.39 is 0 Å². The molecular formula is C16H23N3O2. The lowest BCUT2D eigenvalue weighted by molar-refractivity contribution is -0.122. The quantitative estimate of drug-likeness (QED) is 0.718. The van der Waals surface area contributed by atoms with Crippen molar-refractivity contribution in [3.63, 3.8) is 0 Å². The first-order valence-corrected chi connectivity index (χ1v) is 7.55. The number of hydrogen-bond acceptors (Lipinski definition) is 3. The summed E-state index contributed by atoms with van der Waals surface area (Å²) < 4.78 is 0. The van der Waals surface area contributed by atoms with Crippen molar-refractivity contribution < 1.29 is 9.59 Å². The van der Waals surface area contributed by atoms with Crippen LogP contribution in [0.15, 0.2) is 30.3 Å². The Morgan fingerprint density at radius 3 is 2.52 bits per heavy atom. The molecule has 2 rings (SSSR count). The Hall–Kier alpha value is -1.88. The molecule has 5 nitrogen and oxygen atoms in total. The van der Waals surface area contributed by atoms with E-state index in [9.17, 15) is 9.59 Å². The maximum Gasteiger partial charge on any atom is 0.224 e. The Balaban J connectivity index is 1.60. The van der Waals surface area contributed by atoms with Crippen LogP contribution >= 0.6 is 0 Å². The van der Waals surface area contributed by atoms with Crippen LogP contribution in [0, 0.1) is 0 Å². The Kier molecular flexibility index (Phi) is 6.22. The van der Waals surface area contributed by atoms with Gasteiger partial charge in [0, 0.05) is 19.0 Å². The first-order chi connectivity index (χ1) is 10.2. The molecule has 1 aliphatic rings. The van der Waals surface area contributed by atoms with Crippen LogP contribution in [0.25, 0.3) is 0 Å². The number of piperidine rings is 1. The number of carbonyl (C=O) groups is 2. The van der Waals surface area contributed by atoms with Crippen molar-refractivity contribution in [3.8, 4) is 0 Å². The van der Waals surface area contributed by atoms with Crippen LogP contribution in [-0.4, -0.2) is 37.5 Å². The van der Waals surface area contributed by atoms with Crippen molar-refractivity contribution in [1.82, 2.24) is 16.0 Å². The van der Waals surface area contributed by atoms with Crippen molar-refractivity contribution in [1.29, 1.82) is 0 Å². The molecule has 0 atom stereocenters. The van der Waals surface area contributed by atoms with Crippen LogP contribution in [0.3, 0.4) is 0 Å². The predicted molar refractivity (Wildman–Crippen MR) is 81.8 cm³/mol. The summed E-state index contributed by atoms with van der Waals surface area (Å²) in [6.07, 6.45) is 2.65. The van der Waals surface area contributed by atoms with E-state index in [1.54, 1.807) is 0 Å². The molecule has 1 saturated heterocycles. The summed E-state index contributed by atoms with van der Waals surface area (Å²) in [7, 11) is 0. The minimum Gasteiger partial charge on any atom is -0.355 e. The molecule has 1 aliphatic heterocycles. The van der Waals surface area contributed by atoms with Crippen molar-refractivity contribution >= 4 is 11.8 Å². The average molecular weight is 289 g/mol. The summed E-state index contributed by atoms with van der Waals surface area (Å²) in [4.78, 5) is 23.5. The van der Waals surface area contributed by atoms with Crippen molar-refractivity contribution in [2.24, 2.45) is 0 Å². The lowest BCUT2D eigenvalue weighted by Gasteiger charge is -2.23. The number of hydrogen-bond donors (Lipinski definition) is 3. The maximum absolute atomic E-state index is 11.8. The monoisotopic (exact) mass is 289 g/mol. The summed E-state index contributed by atoms with van der Waals surface area (Å²) >= 11 is 0. The Bertz CT molecular complexity index is 456. The van der Waals surface area contributed by atoms with E-state index in [2.05, 4.69) is 16.0 Å². The molecule has 0 aliphatic carbocycles. The number of nitrogens with one attached hydrogen (secondary N) is 3. The summed E-state index contributed by atoms with van der Waals surface area (Å²) in [5, 5.41) is 9.06. The molecule has 21 heavy (non-hydrogen) atoms. The van der Waals surface area contributed by atoms with Gasteiger partial charge >= 0.3 is 0 Å². The molecule has 0 radical (unpaired) electrons. The highest BCUT2D eigenvalue weighted by atomic mass is 16.2. The largest absolute Gasteiger partial charge is 0.355 e. The van der Waals surface area contributed by atoms with Gasteiger partial charge in [-0.1, -0.05) is 30.3 Å². The zero-order valence-corrected chi connectivity index (χ0v) is 12.2. The van der Waals surface area contributed by atoms with E-state index in [-0.39, 0.29) is 17.9 Å². The maximum atomic E-state index is 11.8. The zero-order chi connectivity index (χ0) is 14.9. The SMILES string of the molecule is O=C(Cc1ccccc1)NCCC(=O)NC1CCNCC1. The second kappa shape index (κ2) is 8.42. The number of rotatable bonds is 6. The molecule has 5 heteroatoms. The molecule has 1 fully saturated rings. The number of carbonyl (C=O) groups excluding carboxylic acids is 2. The van der Waals surface area contributed by atoms with Gasteiger partial charge in [-0.15, -0.1) is 0 Å². The van der Waals surface area contributed by atoms with E-state index in [4.69, 9.17) is 0 Å². The molecule has 0 bridgehead atoms. The normalized spacial score (nSPS) is 15.4. The van der Waals surface area contributed by atoms with Crippen LogP contribution < -0.4 is 16.0 Å². The molecule has 1 heterocycles. The predicted octanol–water partition coefficient (Wildman–Crippen LogP) is 0.604. The second-order valence-electron chi connectivity index (χ2n) is 5.35. The molecule has 1 aromatic carbocycles. The molecule has 3 N–H and O–H groups in total. The van der Waals surface area contributed by atoms with Gasteiger partial charge in [-0.2, -0.15) is 0 Å². The zero-order valence-electron chi connectivity index (χ0n) is 12.2. The van der Waals surface area contributed by atoms with Gasteiger partial charge in [-0.3, -0.25) is 9.59 Å². The molecule has 0 spiro atoms. The van der Waals surface area contributed by atoms with Crippen LogP contribution in [-0.2, 0) is 16.0 Å². The number of amides is 2. The fourth-order valence-electron chi connectivity index (χ4n) is 2.43.